The third kappa shape index (κ3) is 5.54. The van der Waals surface area contributed by atoms with Gasteiger partial charge < -0.3 is 10.1 Å². The van der Waals surface area contributed by atoms with Crippen LogP contribution in [0.4, 0.5) is 0 Å². The number of esters is 1. The van der Waals surface area contributed by atoms with Crippen molar-refractivity contribution in [3.63, 3.8) is 0 Å². The fourth-order valence-electron chi connectivity index (χ4n) is 2.02. The molecule has 1 N–H and O–H groups in total. The van der Waals surface area contributed by atoms with E-state index in [1.165, 1.54) is 30.2 Å². The van der Waals surface area contributed by atoms with Gasteiger partial charge in [-0.25, -0.2) is 0 Å². The highest BCUT2D eigenvalue weighted by Crippen LogP contribution is 2.27. The molecule has 0 aliphatic heterocycles. The van der Waals surface area contributed by atoms with Gasteiger partial charge in [-0.05, 0) is 42.6 Å². The number of hydrogen-bond acceptors (Lipinski definition) is 5. The zero-order chi connectivity index (χ0) is 17.5. The number of carbonyl (C=O) groups excluding carboxylic acids is 2. The number of nitrogens with one attached hydrogen (secondary N) is 1. The molecule has 0 bridgehead atoms. The maximum atomic E-state index is 12.5. The lowest BCUT2D eigenvalue weighted by Crippen LogP contribution is -2.35. The normalized spacial score (nSPS) is 13.1. The van der Waals surface area contributed by atoms with Crippen LogP contribution in [-0.4, -0.2) is 24.2 Å². The number of methoxy groups -OCH3 is 1. The smallest absolute Gasteiger partial charge is 0.307 e. The summed E-state index contributed by atoms with van der Waals surface area (Å²) in [6.07, 6.45) is 0.112. The van der Waals surface area contributed by atoms with Gasteiger partial charge in [0, 0.05) is 14.8 Å². The number of rotatable bonds is 7. The van der Waals surface area contributed by atoms with E-state index in [9.17, 15) is 9.59 Å². The van der Waals surface area contributed by atoms with Gasteiger partial charge in [0.25, 0.3) is 0 Å². The zero-order valence-corrected chi connectivity index (χ0v) is 15.7. The molecule has 4 nitrogen and oxygen atoms in total. The number of benzene rings is 1. The van der Waals surface area contributed by atoms with Crippen LogP contribution < -0.4 is 5.32 Å². The van der Waals surface area contributed by atoms with E-state index in [-0.39, 0.29) is 29.6 Å². The summed E-state index contributed by atoms with van der Waals surface area (Å²) in [6.45, 7) is 1.83. The molecule has 0 radical (unpaired) electrons. The van der Waals surface area contributed by atoms with Crippen LogP contribution in [0.3, 0.4) is 0 Å². The van der Waals surface area contributed by atoms with E-state index >= 15 is 0 Å². The van der Waals surface area contributed by atoms with Crippen LogP contribution in [0.1, 0.15) is 24.3 Å². The van der Waals surface area contributed by atoms with Gasteiger partial charge in [0.05, 0.1) is 24.8 Å². The van der Waals surface area contributed by atoms with Gasteiger partial charge in [-0.3, -0.25) is 9.59 Å². The summed E-state index contributed by atoms with van der Waals surface area (Å²) in [5.41, 5.74) is 0. The average Bonchev–Trinajstić information content (AvgIpc) is 3.10. The summed E-state index contributed by atoms with van der Waals surface area (Å²) in [7, 11) is 1.34. The van der Waals surface area contributed by atoms with Crippen LogP contribution in [0.2, 0.25) is 5.02 Å². The predicted octanol–water partition coefficient (Wildman–Crippen LogP) is 4.30. The Morgan fingerprint density at radius 1 is 1.29 bits per heavy atom. The van der Waals surface area contributed by atoms with Gasteiger partial charge >= 0.3 is 5.97 Å². The molecule has 0 fully saturated rings. The van der Waals surface area contributed by atoms with Crippen molar-refractivity contribution in [3.05, 3.63) is 51.7 Å². The molecule has 24 heavy (non-hydrogen) atoms. The summed E-state index contributed by atoms with van der Waals surface area (Å²) in [5.74, 6) is -0.482. The Kier molecular flexibility index (Phi) is 7.15. The SMILES string of the molecule is COC(=O)CC(NC(=O)C(C)Sc1ccc(Cl)cc1)c1cccs1. The van der Waals surface area contributed by atoms with Crippen molar-refractivity contribution in [1.29, 1.82) is 0 Å². The fourth-order valence-corrected chi connectivity index (χ4v) is 3.80. The molecule has 128 valence electrons. The fraction of sp³-hybridized carbons (Fsp3) is 0.294. The summed E-state index contributed by atoms with van der Waals surface area (Å²) >= 11 is 8.81. The lowest BCUT2D eigenvalue weighted by atomic mass is 10.1. The molecule has 2 aromatic rings. The highest BCUT2D eigenvalue weighted by Gasteiger charge is 2.23. The molecular weight excluding hydrogens is 366 g/mol. The average molecular weight is 384 g/mol. The first-order chi connectivity index (χ1) is 11.5. The number of ether oxygens (including phenoxy) is 1. The Hall–Kier alpha value is -1.50. The third-order valence-electron chi connectivity index (χ3n) is 3.30. The van der Waals surface area contributed by atoms with Crippen LogP contribution in [0.15, 0.2) is 46.7 Å². The third-order valence-corrected chi connectivity index (χ3v) is 5.65. The van der Waals surface area contributed by atoms with Crippen LogP contribution in [-0.2, 0) is 14.3 Å². The molecule has 0 saturated heterocycles. The van der Waals surface area contributed by atoms with Crippen LogP contribution in [0, 0.1) is 0 Å². The molecule has 0 spiro atoms. The van der Waals surface area contributed by atoms with Gasteiger partial charge in [0.2, 0.25) is 5.91 Å². The van der Waals surface area contributed by atoms with E-state index in [4.69, 9.17) is 16.3 Å². The number of halogens is 1. The van der Waals surface area contributed by atoms with Gasteiger partial charge in [-0.1, -0.05) is 17.7 Å². The molecule has 0 aliphatic carbocycles. The summed E-state index contributed by atoms with van der Waals surface area (Å²) in [5, 5.41) is 5.21. The lowest BCUT2D eigenvalue weighted by molar-refractivity contribution is -0.141. The van der Waals surface area contributed by atoms with Gasteiger partial charge in [0.15, 0.2) is 0 Å². The van der Waals surface area contributed by atoms with Gasteiger partial charge in [-0.15, -0.1) is 23.1 Å². The lowest BCUT2D eigenvalue weighted by Gasteiger charge is -2.19. The number of hydrogen-bond donors (Lipinski definition) is 1. The molecule has 1 heterocycles. The van der Waals surface area contributed by atoms with Crippen molar-refractivity contribution in [3.8, 4) is 0 Å². The Morgan fingerprint density at radius 3 is 2.58 bits per heavy atom. The second-order valence-electron chi connectivity index (χ2n) is 5.07. The summed E-state index contributed by atoms with van der Waals surface area (Å²) in [4.78, 5) is 26.0. The van der Waals surface area contributed by atoms with Crippen LogP contribution in [0.5, 0.6) is 0 Å². The number of thioether (sulfide) groups is 1. The van der Waals surface area contributed by atoms with E-state index in [1.807, 2.05) is 36.6 Å². The molecule has 0 aliphatic rings. The molecule has 1 aromatic carbocycles. The van der Waals surface area contributed by atoms with Crippen LogP contribution >= 0.6 is 34.7 Å². The molecule has 7 heteroatoms. The van der Waals surface area contributed by atoms with Gasteiger partial charge in [-0.2, -0.15) is 0 Å². The monoisotopic (exact) mass is 383 g/mol. The van der Waals surface area contributed by atoms with E-state index in [1.54, 1.807) is 12.1 Å². The summed E-state index contributed by atoms with van der Waals surface area (Å²) < 4.78 is 4.72. The topological polar surface area (TPSA) is 55.4 Å². The number of thiophene rings is 1. The van der Waals surface area contributed by atoms with Crippen molar-refractivity contribution in [1.82, 2.24) is 5.32 Å². The Bertz CT molecular complexity index is 674. The minimum Gasteiger partial charge on any atom is -0.469 e. The van der Waals surface area contributed by atoms with E-state index in [2.05, 4.69) is 5.32 Å². The maximum Gasteiger partial charge on any atom is 0.307 e. The molecule has 1 aromatic heterocycles. The Morgan fingerprint density at radius 2 is 2.00 bits per heavy atom. The Labute approximate surface area is 154 Å². The van der Waals surface area contributed by atoms with Crippen molar-refractivity contribution in [2.24, 2.45) is 0 Å². The van der Waals surface area contributed by atoms with E-state index in [0.29, 0.717) is 5.02 Å². The van der Waals surface area contributed by atoms with Crippen molar-refractivity contribution in [2.45, 2.75) is 29.5 Å². The van der Waals surface area contributed by atoms with Crippen molar-refractivity contribution >= 4 is 46.6 Å². The molecular formula is C17H18ClNO3S2. The standard InChI is InChI=1S/C17H18ClNO3S2/c1-11(24-13-7-5-12(18)6-8-13)17(21)19-14(10-16(20)22-2)15-4-3-9-23-15/h3-9,11,14H,10H2,1-2H3,(H,19,21). The molecule has 2 rings (SSSR count). The quantitative estimate of drug-likeness (QED) is 0.572. The molecule has 2 unspecified atom stereocenters. The number of amides is 1. The maximum absolute atomic E-state index is 12.5. The summed E-state index contributed by atoms with van der Waals surface area (Å²) in [6, 6.07) is 10.8. The van der Waals surface area contributed by atoms with E-state index in [0.717, 1.165) is 9.77 Å². The minimum atomic E-state index is -0.377. The minimum absolute atomic E-state index is 0.112. The number of carbonyl (C=O) groups is 2. The molecule has 0 saturated carbocycles. The second kappa shape index (κ2) is 9.11. The largest absolute Gasteiger partial charge is 0.469 e. The van der Waals surface area contributed by atoms with E-state index < -0.39 is 0 Å². The predicted molar refractivity (Wildman–Crippen MR) is 98.6 cm³/mol. The highest BCUT2D eigenvalue weighted by molar-refractivity contribution is 8.00. The Balaban J connectivity index is 2.00. The first-order valence-electron chi connectivity index (χ1n) is 7.32. The van der Waals surface area contributed by atoms with Crippen molar-refractivity contribution in [2.75, 3.05) is 7.11 Å². The molecule has 2 atom stereocenters. The molecule has 1 amide bonds. The second-order valence-corrected chi connectivity index (χ2v) is 7.90. The first-order valence-corrected chi connectivity index (χ1v) is 9.46. The van der Waals surface area contributed by atoms with Crippen molar-refractivity contribution < 1.29 is 14.3 Å². The van der Waals surface area contributed by atoms with Gasteiger partial charge in [0.1, 0.15) is 0 Å². The zero-order valence-electron chi connectivity index (χ0n) is 13.3. The van der Waals surface area contributed by atoms with Crippen LogP contribution in [0.25, 0.3) is 0 Å². The first kappa shape index (κ1) is 18.8. The highest BCUT2D eigenvalue weighted by atomic mass is 35.5.